The van der Waals surface area contributed by atoms with E-state index in [1.165, 1.54) is 5.56 Å². The van der Waals surface area contributed by atoms with Crippen LogP contribution in [0.3, 0.4) is 0 Å². The Bertz CT molecular complexity index is 1300. The predicted molar refractivity (Wildman–Crippen MR) is 121 cm³/mol. The Labute approximate surface area is 176 Å². The molecule has 4 aromatic rings. The minimum absolute atomic E-state index is 0.497. The number of nitriles is 1. The van der Waals surface area contributed by atoms with Crippen molar-refractivity contribution in [1.82, 2.24) is 9.88 Å². The summed E-state index contributed by atoms with van der Waals surface area (Å²) in [6.07, 6.45) is 2.84. The molecule has 30 heavy (non-hydrogen) atoms. The van der Waals surface area contributed by atoms with Gasteiger partial charge in [-0.2, -0.15) is 5.26 Å². The summed E-state index contributed by atoms with van der Waals surface area (Å²) in [6, 6.07) is 17.2. The van der Waals surface area contributed by atoms with Gasteiger partial charge >= 0.3 is 0 Å². The number of fused-ring (bicyclic) bond motifs is 3. The van der Waals surface area contributed by atoms with E-state index < -0.39 is 0 Å². The molecule has 1 aliphatic heterocycles. The number of furan rings is 1. The normalized spacial score (nSPS) is 16.6. The SMILES string of the molecule is Cc1ccccc1-c1cc(C#N)c2oc3ncccc3c2c1N1CC[C@H](N(C)C)C1. The maximum absolute atomic E-state index is 9.92. The maximum Gasteiger partial charge on any atom is 0.227 e. The molecule has 0 radical (unpaired) electrons. The van der Waals surface area contributed by atoms with Gasteiger partial charge < -0.3 is 14.2 Å². The number of pyridine rings is 1. The van der Waals surface area contributed by atoms with Crippen LogP contribution in [0, 0.1) is 18.3 Å². The lowest BCUT2D eigenvalue weighted by atomic mass is 9.93. The lowest BCUT2D eigenvalue weighted by molar-refractivity contribution is 0.315. The van der Waals surface area contributed by atoms with E-state index in [1.54, 1.807) is 6.20 Å². The summed E-state index contributed by atoms with van der Waals surface area (Å²) in [5.74, 6) is 0. The zero-order valence-electron chi connectivity index (χ0n) is 17.5. The second-order valence-electron chi connectivity index (χ2n) is 8.26. The number of aromatic nitrogens is 1. The molecule has 150 valence electrons. The van der Waals surface area contributed by atoms with Crippen LogP contribution in [-0.4, -0.2) is 43.1 Å². The lowest BCUT2D eigenvalue weighted by Crippen LogP contribution is -2.31. The first-order chi connectivity index (χ1) is 14.6. The molecular weight excluding hydrogens is 372 g/mol. The van der Waals surface area contributed by atoms with Crippen LogP contribution >= 0.6 is 0 Å². The second-order valence-corrected chi connectivity index (χ2v) is 8.26. The Hall–Kier alpha value is -3.36. The molecule has 1 fully saturated rings. The van der Waals surface area contributed by atoms with Crippen molar-refractivity contribution in [2.45, 2.75) is 19.4 Å². The third kappa shape index (κ3) is 2.84. The highest BCUT2D eigenvalue weighted by atomic mass is 16.3. The van der Waals surface area contributed by atoms with Gasteiger partial charge in [0.2, 0.25) is 5.71 Å². The topological polar surface area (TPSA) is 56.3 Å². The summed E-state index contributed by atoms with van der Waals surface area (Å²) in [4.78, 5) is 9.17. The molecule has 1 aliphatic rings. The van der Waals surface area contributed by atoms with Gasteiger partial charge in [-0.15, -0.1) is 0 Å². The fraction of sp³-hybridized carbons (Fsp3) is 0.280. The summed E-state index contributed by atoms with van der Waals surface area (Å²) < 4.78 is 6.10. The highest BCUT2D eigenvalue weighted by Crippen LogP contribution is 2.45. The highest BCUT2D eigenvalue weighted by Gasteiger charge is 2.30. The van der Waals surface area contributed by atoms with Gasteiger partial charge in [0.05, 0.1) is 22.0 Å². The minimum atomic E-state index is 0.497. The quantitative estimate of drug-likeness (QED) is 0.489. The van der Waals surface area contributed by atoms with Crippen LogP contribution in [0.1, 0.15) is 17.5 Å². The zero-order valence-corrected chi connectivity index (χ0v) is 17.5. The molecule has 0 saturated carbocycles. The first-order valence-electron chi connectivity index (χ1n) is 10.3. The van der Waals surface area contributed by atoms with Crippen molar-refractivity contribution < 1.29 is 4.42 Å². The Morgan fingerprint density at radius 1 is 1.17 bits per heavy atom. The number of benzene rings is 2. The zero-order chi connectivity index (χ0) is 20.8. The molecule has 5 nitrogen and oxygen atoms in total. The fourth-order valence-corrected chi connectivity index (χ4v) is 4.63. The van der Waals surface area contributed by atoms with Gasteiger partial charge in [0, 0.05) is 30.9 Å². The maximum atomic E-state index is 9.92. The molecule has 0 bridgehead atoms. The molecular formula is C25H24N4O. The highest BCUT2D eigenvalue weighted by molar-refractivity contribution is 6.16. The Morgan fingerprint density at radius 2 is 2.00 bits per heavy atom. The van der Waals surface area contributed by atoms with E-state index in [2.05, 4.69) is 66.1 Å². The number of rotatable bonds is 3. The van der Waals surface area contributed by atoms with E-state index in [-0.39, 0.29) is 0 Å². The van der Waals surface area contributed by atoms with Crippen molar-refractivity contribution in [1.29, 1.82) is 5.26 Å². The van der Waals surface area contributed by atoms with Crippen LogP contribution in [0.2, 0.25) is 0 Å². The van der Waals surface area contributed by atoms with Crippen LogP contribution in [0.25, 0.3) is 33.2 Å². The molecule has 2 aromatic carbocycles. The van der Waals surface area contributed by atoms with Gasteiger partial charge in [0.15, 0.2) is 5.58 Å². The standard InChI is InChI=1S/C25H24N4O/c1-16-7-4-5-8-19(16)21-13-17(14-26)24-22(20-9-6-11-27-25(20)30-24)23(21)29-12-10-18(15-29)28(2)3/h4-9,11,13,18H,10,12,15H2,1-3H3/t18-/m0/s1. The number of hydrogen-bond acceptors (Lipinski definition) is 5. The molecule has 1 saturated heterocycles. The molecule has 5 rings (SSSR count). The van der Waals surface area contributed by atoms with Crippen LogP contribution in [-0.2, 0) is 0 Å². The number of aryl methyl sites for hydroxylation is 1. The molecule has 0 amide bonds. The number of nitrogens with zero attached hydrogens (tertiary/aromatic N) is 4. The van der Waals surface area contributed by atoms with E-state index in [0.29, 0.717) is 22.9 Å². The summed E-state index contributed by atoms with van der Waals surface area (Å²) >= 11 is 0. The van der Waals surface area contributed by atoms with Gasteiger partial charge in [0.1, 0.15) is 6.07 Å². The molecule has 0 unspecified atom stereocenters. The molecule has 2 aromatic heterocycles. The predicted octanol–water partition coefficient (Wildman–Crippen LogP) is 4.97. The van der Waals surface area contributed by atoms with E-state index in [4.69, 9.17) is 4.42 Å². The Balaban J connectivity index is 1.88. The van der Waals surface area contributed by atoms with Gasteiger partial charge in [0.25, 0.3) is 0 Å². The third-order valence-electron chi connectivity index (χ3n) is 6.26. The van der Waals surface area contributed by atoms with E-state index in [9.17, 15) is 5.26 Å². The number of anilines is 1. The second kappa shape index (κ2) is 7.16. The van der Waals surface area contributed by atoms with E-state index in [1.807, 2.05) is 18.2 Å². The van der Waals surface area contributed by atoms with Gasteiger partial charge in [-0.1, -0.05) is 24.3 Å². The first-order valence-corrected chi connectivity index (χ1v) is 10.3. The van der Waals surface area contributed by atoms with Gasteiger partial charge in [-0.05, 0) is 56.8 Å². The van der Waals surface area contributed by atoms with Crippen LogP contribution < -0.4 is 4.90 Å². The molecule has 0 N–H and O–H groups in total. The first kappa shape index (κ1) is 18.7. The average Bonchev–Trinajstić information content (AvgIpc) is 3.38. The van der Waals surface area contributed by atoms with Crippen LogP contribution in [0.5, 0.6) is 0 Å². The average molecular weight is 396 g/mol. The fourth-order valence-electron chi connectivity index (χ4n) is 4.63. The summed E-state index contributed by atoms with van der Waals surface area (Å²) in [7, 11) is 4.28. The Kier molecular flexibility index (Phi) is 4.45. The molecule has 0 spiro atoms. The molecule has 5 heteroatoms. The van der Waals surface area contributed by atoms with Crippen molar-refractivity contribution in [3.8, 4) is 17.2 Å². The summed E-state index contributed by atoms with van der Waals surface area (Å²) in [5, 5.41) is 11.9. The molecule has 3 heterocycles. The van der Waals surface area contributed by atoms with Crippen molar-refractivity contribution in [2.24, 2.45) is 0 Å². The van der Waals surface area contributed by atoms with Crippen molar-refractivity contribution >= 4 is 27.8 Å². The Morgan fingerprint density at radius 3 is 2.73 bits per heavy atom. The van der Waals surface area contributed by atoms with E-state index >= 15 is 0 Å². The van der Waals surface area contributed by atoms with Gasteiger partial charge in [-0.3, -0.25) is 0 Å². The van der Waals surface area contributed by atoms with Crippen molar-refractivity contribution in [2.75, 3.05) is 32.1 Å². The summed E-state index contributed by atoms with van der Waals surface area (Å²) in [5.41, 5.74) is 6.34. The largest absolute Gasteiger partial charge is 0.436 e. The minimum Gasteiger partial charge on any atom is -0.436 e. The summed E-state index contributed by atoms with van der Waals surface area (Å²) in [6.45, 7) is 4.03. The smallest absolute Gasteiger partial charge is 0.227 e. The monoisotopic (exact) mass is 396 g/mol. The molecule has 0 aliphatic carbocycles. The van der Waals surface area contributed by atoms with Crippen molar-refractivity contribution in [3.63, 3.8) is 0 Å². The van der Waals surface area contributed by atoms with Crippen molar-refractivity contribution in [3.05, 3.63) is 59.8 Å². The van der Waals surface area contributed by atoms with Gasteiger partial charge in [-0.25, -0.2) is 4.98 Å². The lowest BCUT2D eigenvalue weighted by Gasteiger charge is -2.26. The van der Waals surface area contributed by atoms with Crippen LogP contribution in [0.15, 0.2) is 53.1 Å². The molecule has 1 atom stereocenters. The van der Waals surface area contributed by atoms with Crippen LogP contribution in [0.4, 0.5) is 5.69 Å². The van der Waals surface area contributed by atoms with E-state index in [0.717, 1.165) is 47.1 Å². The number of hydrogen-bond donors (Lipinski definition) is 0. The number of likely N-dealkylation sites (N-methyl/N-ethyl adjacent to an activating group) is 1. The third-order valence-corrected chi connectivity index (χ3v) is 6.26.